The van der Waals surface area contributed by atoms with Crippen molar-refractivity contribution in [2.45, 2.75) is 25.3 Å². The van der Waals surface area contributed by atoms with Gasteiger partial charge in [0, 0.05) is 17.3 Å². The zero-order valence-corrected chi connectivity index (χ0v) is 10.7. The van der Waals surface area contributed by atoms with Crippen LogP contribution in [0.5, 0.6) is 0 Å². The Balaban J connectivity index is 2.02. The van der Waals surface area contributed by atoms with E-state index in [1.807, 2.05) is 0 Å². The molecule has 0 aromatic heterocycles. The van der Waals surface area contributed by atoms with E-state index < -0.39 is 0 Å². The molecule has 1 atom stereocenters. The Morgan fingerprint density at radius 3 is 2.78 bits per heavy atom. The third kappa shape index (κ3) is 2.93. The molecule has 1 heterocycles. The van der Waals surface area contributed by atoms with Gasteiger partial charge in [-0.2, -0.15) is 5.26 Å². The highest BCUT2D eigenvalue weighted by atomic mass is 35.5. The van der Waals surface area contributed by atoms with Crippen LogP contribution in [-0.4, -0.2) is 23.5 Å². The van der Waals surface area contributed by atoms with Crippen LogP contribution in [-0.2, 0) is 0 Å². The number of benzene rings is 1. The number of piperidine rings is 1. The number of rotatable bonds is 1. The summed E-state index contributed by atoms with van der Waals surface area (Å²) in [6.07, 6.45) is 2.71. The summed E-state index contributed by atoms with van der Waals surface area (Å²) in [6.45, 7) is 0.637. The van der Waals surface area contributed by atoms with E-state index in [0.717, 1.165) is 19.3 Å². The fourth-order valence-electron chi connectivity index (χ4n) is 2.04. The first kappa shape index (κ1) is 12.7. The summed E-state index contributed by atoms with van der Waals surface area (Å²) in [7, 11) is 0. The van der Waals surface area contributed by atoms with E-state index in [1.165, 1.54) is 0 Å². The summed E-state index contributed by atoms with van der Waals surface area (Å²) in [6, 6.07) is 8.56. The van der Waals surface area contributed by atoms with Gasteiger partial charge in [0.25, 0.3) is 0 Å². The van der Waals surface area contributed by atoms with E-state index in [2.05, 4.69) is 11.4 Å². The van der Waals surface area contributed by atoms with Gasteiger partial charge in [0.1, 0.15) is 6.04 Å². The van der Waals surface area contributed by atoms with E-state index in [0.29, 0.717) is 17.3 Å². The number of amides is 2. The van der Waals surface area contributed by atoms with Gasteiger partial charge in [-0.25, -0.2) is 4.79 Å². The molecule has 0 saturated carbocycles. The van der Waals surface area contributed by atoms with Gasteiger partial charge < -0.3 is 10.2 Å². The maximum atomic E-state index is 12.1. The van der Waals surface area contributed by atoms with Crippen LogP contribution < -0.4 is 5.32 Å². The monoisotopic (exact) mass is 263 g/mol. The second-order valence-corrected chi connectivity index (χ2v) is 4.71. The van der Waals surface area contributed by atoms with Crippen LogP contribution >= 0.6 is 11.6 Å². The number of hydrogen-bond acceptors (Lipinski definition) is 2. The number of carbonyl (C=O) groups is 1. The molecule has 2 amide bonds. The lowest BCUT2D eigenvalue weighted by Crippen LogP contribution is -2.45. The molecule has 4 nitrogen and oxygen atoms in total. The van der Waals surface area contributed by atoms with Crippen molar-refractivity contribution >= 4 is 23.3 Å². The number of carbonyl (C=O) groups excluding carboxylic acids is 1. The van der Waals surface area contributed by atoms with Crippen molar-refractivity contribution in [3.8, 4) is 6.07 Å². The second-order valence-electron chi connectivity index (χ2n) is 4.27. The van der Waals surface area contributed by atoms with Gasteiger partial charge in [-0.3, -0.25) is 0 Å². The molecular weight excluding hydrogens is 250 g/mol. The molecule has 18 heavy (non-hydrogen) atoms. The van der Waals surface area contributed by atoms with E-state index in [4.69, 9.17) is 16.9 Å². The van der Waals surface area contributed by atoms with Gasteiger partial charge >= 0.3 is 6.03 Å². The molecule has 1 aromatic rings. The number of urea groups is 1. The summed E-state index contributed by atoms with van der Waals surface area (Å²) >= 11 is 5.78. The molecule has 1 N–H and O–H groups in total. The lowest BCUT2D eigenvalue weighted by atomic mass is 10.0. The van der Waals surface area contributed by atoms with Crippen LogP contribution in [0.25, 0.3) is 0 Å². The van der Waals surface area contributed by atoms with Crippen LogP contribution in [0.1, 0.15) is 19.3 Å². The van der Waals surface area contributed by atoms with Crippen LogP contribution in [0.4, 0.5) is 10.5 Å². The van der Waals surface area contributed by atoms with Crippen LogP contribution in [0, 0.1) is 11.3 Å². The fraction of sp³-hybridized carbons (Fsp3) is 0.385. The molecule has 1 aromatic carbocycles. The Morgan fingerprint density at radius 2 is 2.11 bits per heavy atom. The maximum Gasteiger partial charge on any atom is 0.322 e. The lowest BCUT2D eigenvalue weighted by Gasteiger charge is -2.31. The average Bonchev–Trinajstić information content (AvgIpc) is 2.41. The highest BCUT2D eigenvalue weighted by Crippen LogP contribution is 2.19. The topological polar surface area (TPSA) is 56.1 Å². The predicted octanol–water partition coefficient (Wildman–Crippen LogP) is 3.25. The minimum atomic E-state index is -0.314. The third-order valence-corrected chi connectivity index (χ3v) is 3.26. The van der Waals surface area contributed by atoms with Gasteiger partial charge in [0.05, 0.1) is 6.07 Å². The number of nitrogens with one attached hydrogen (secondary N) is 1. The van der Waals surface area contributed by atoms with Crippen molar-refractivity contribution in [1.82, 2.24) is 4.90 Å². The average molecular weight is 264 g/mol. The van der Waals surface area contributed by atoms with E-state index in [9.17, 15) is 4.79 Å². The minimum absolute atomic E-state index is 0.219. The van der Waals surface area contributed by atoms with Gasteiger partial charge in [0.2, 0.25) is 0 Å². The Kier molecular flexibility index (Phi) is 4.06. The van der Waals surface area contributed by atoms with Crippen LogP contribution in [0.2, 0.25) is 5.02 Å². The molecule has 0 radical (unpaired) electrons. The SMILES string of the molecule is N#CC1CCCCN1C(=O)Nc1ccc(Cl)cc1. The van der Waals surface area contributed by atoms with Gasteiger partial charge in [-0.05, 0) is 43.5 Å². The van der Waals surface area contributed by atoms with Gasteiger partial charge in [-0.15, -0.1) is 0 Å². The highest BCUT2D eigenvalue weighted by molar-refractivity contribution is 6.30. The summed E-state index contributed by atoms with van der Waals surface area (Å²) in [5.74, 6) is 0. The Bertz CT molecular complexity index is 466. The first-order valence-corrected chi connectivity index (χ1v) is 6.31. The minimum Gasteiger partial charge on any atom is -0.309 e. The van der Waals surface area contributed by atoms with Crippen molar-refractivity contribution in [3.63, 3.8) is 0 Å². The number of nitriles is 1. The molecule has 0 spiro atoms. The summed E-state index contributed by atoms with van der Waals surface area (Å²) < 4.78 is 0. The number of likely N-dealkylation sites (tertiary alicyclic amines) is 1. The molecule has 0 bridgehead atoms. The molecular formula is C13H14ClN3O. The van der Waals surface area contributed by atoms with E-state index in [-0.39, 0.29) is 12.1 Å². The highest BCUT2D eigenvalue weighted by Gasteiger charge is 2.26. The zero-order valence-electron chi connectivity index (χ0n) is 9.90. The third-order valence-electron chi connectivity index (χ3n) is 3.01. The summed E-state index contributed by atoms with van der Waals surface area (Å²) in [4.78, 5) is 13.6. The lowest BCUT2D eigenvalue weighted by molar-refractivity contribution is 0.182. The second kappa shape index (κ2) is 5.74. The largest absolute Gasteiger partial charge is 0.322 e. The Morgan fingerprint density at radius 1 is 1.39 bits per heavy atom. The smallest absolute Gasteiger partial charge is 0.309 e. The summed E-state index contributed by atoms with van der Waals surface area (Å²) in [5.41, 5.74) is 0.687. The maximum absolute atomic E-state index is 12.1. The number of hydrogen-bond donors (Lipinski definition) is 1. The zero-order chi connectivity index (χ0) is 13.0. The van der Waals surface area contributed by atoms with Crippen molar-refractivity contribution in [2.24, 2.45) is 0 Å². The number of anilines is 1. The molecule has 1 fully saturated rings. The van der Waals surface area contributed by atoms with E-state index >= 15 is 0 Å². The van der Waals surface area contributed by atoms with Crippen molar-refractivity contribution < 1.29 is 4.79 Å². The van der Waals surface area contributed by atoms with Crippen molar-refractivity contribution in [2.75, 3.05) is 11.9 Å². The molecule has 1 unspecified atom stereocenters. The van der Waals surface area contributed by atoms with Crippen LogP contribution in [0.15, 0.2) is 24.3 Å². The number of nitrogens with zero attached hydrogens (tertiary/aromatic N) is 2. The molecule has 1 aliphatic rings. The fourth-order valence-corrected chi connectivity index (χ4v) is 2.16. The quantitative estimate of drug-likeness (QED) is 0.846. The molecule has 0 aliphatic carbocycles. The van der Waals surface area contributed by atoms with E-state index in [1.54, 1.807) is 29.2 Å². The summed E-state index contributed by atoms with van der Waals surface area (Å²) in [5, 5.41) is 12.4. The molecule has 94 valence electrons. The van der Waals surface area contributed by atoms with Crippen molar-refractivity contribution in [3.05, 3.63) is 29.3 Å². The van der Waals surface area contributed by atoms with Gasteiger partial charge in [0.15, 0.2) is 0 Å². The predicted molar refractivity (Wildman–Crippen MR) is 70.4 cm³/mol. The molecule has 1 saturated heterocycles. The molecule has 1 aliphatic heterocycles. The first-order chi connectivity index (χ1) is 8.70. The van der Waals surface area contributed by atoms with Crippen molar-refractivity contribution in [1.29, 1.82) is 5.26 Å². The Labute approximate surface area is 111 Å². The first-order valence-electron chi connectivity index (χ1n) is 5.93. The van der Waals surface area contributed by atoms with Gasteiger partial charge in [-0.1, -0.05) is 11.6 Å². The molecule has 2 rings (SSSR count). The normalized spacial score (nSPS) is 19.1. The Hall–Kier alpha value is -1.73. The van der Waals surface area contributed by atoms with Crippen LogP contribution in [0.3, 0.4) is 0 Å². The number of halogens is 1. The standard InChI is InChI=1S/C13H14ClN3O/c14-10-4-6-11(7-5-10)16-13(18)17-8-2-1-3-12(17)9-15/h4-7,12H,1-3,8H2,(H,16,18). The molecule has 5 heteroatoms.